The smallest absolute Gasteiger partial charge is 0.324 e. The van der Waals surface area contributed by atoms with Crippen molar-refractivity contribution in [1.82, 2.24) is 14.8 Å². The van der Waals surface area contributed by atoms with Gasteiger partial charge in [0.25, 0.3) is 0 Å². The molecule has 5 nitrogen and oxygen atoms in total. The summed E-state index contributed by atoms with van der Waals surface area (Å²) in [4.78, 5) is 24.7. The fourth-order valence-corrected chi connectivity index (χ4v) is 4.91. The number of unbranched alkanes of at least 4 members (excludes halogenated alkanes) is 1. The number of aromatic nitrogens is 1. The van der Waals surface area contributed by atoms with E-state index in [-0.39, 0.29) is 6.03 Å². The molecular weight excluding hydrogens is 356 g/mol. The molecule has 0 aliphatic carbocycles. The number of carbonyl (C=O) groups excluding carboxylic acids is 1. The summed E-state index contributed by atoms with van der Waals surface area (Å²) < 4.78 is 0. The first kappa shape index (κ1) is 18.4. The summed E-state index contributed by atoms with van der Waals surface area (Å²) in [6.45, 7) is 7.29. The van der Waals surface area contributed by atoms with E-state index in [1.807, 2.05) is 35.4 Å². The second kappa shape index (κ2) is 7.98. The maximum absolute atomic E-state index is 12.2. The molecule has 0 radical (unpaired) electrons. The third-order valence-electron chi connectivity index (χ3n) is 5.57. The van der Waals surface area contributed by atoms with Crippen LogP contribution in [0.3, 0.4) is 0 Å². The standard InChI is InChI=1S/C21H28N4OS/c1-3-4-11-24-12-9-18-19(10-13-24)27-20(22-18)16-5-7-17(8-6-16)25-15-14-23(2)21(25)26/h5-8H,3-4,9-15H2,1-2H3. The van der Waals surface area contributed by atoms with Gasteiger partial charge in [-0.15, -0.1) is 11.3 Å². The lowest BCUT2D eigenvalue weighted by Crippen LogP contribution is -2.29. The molecule has 2 aliphatic rings. The van der Waals surface area contributed by atoms with Gasteiger partial charge in [-0.2, -0.15) is 0 Å². The molecule has 0 spiro atoms. The molecule has 1 aromatic heterocycles. The van der Waals surface area contributed by atoms with Gasteiger partial charge in [-0.25, -0.2) is 9.78 Å². The Morgan fingerprint density at radius 1 is 1.07 bits per heavy atom. The zero-order valence-corrected chi connectivity index (χ0v) is 17.1. The molecule has 2 amide bonds. The normalized spacial score (nSPS) is 18.1. The van der Waals surface area contributed by atoms with E-state index in [1.54, 1.807) is 4.90 Å². The van der Waals surface area contributed by atoms with Crippen LogP contribution in [0.25, 0.3) is 10.6 Å². The lowest BCUT2D eigenvalue weighted by molar-refractivity contribution is 0.229. The van der Waals surface area contributed by atoms with Gasteiger partial charge in [0.05, 0.1) is 5.69 Å². The van der Waals surface area contributed by atoms with E-state index < -0.39 is 0 Å². The highest BCUT2D eigenvalue weighted by atomic mass is 32.1. The molecule has 3 heterocycles. The van der Waals surface area contributed by atoms with Crippen molar-refractivity contribution in [2.45, 2.75) is 32.6 Å². The highest BCUT2D eigenvalue weighted by Crippen LogP contribution is 2.32. The third kappa shape index (κ3) is 3.87. The fourth-order valence-electron chi connectivity index (χ4n) is 3.81. The van der Waals surface area contributed by atoms with Crippen LogP contribution in [0.2, 0.25) is 0 Å². The van der Waals surface area contributed by atoms with Crippen LogP contribution in [0.1, 0.15) is 30.3 Å². The minimum Gasteiger partial charge on any atom is -0.326 e. The van der Waals surface area contributed by atoms with Crippen molar-refractivity contribution < 1.29 is 4.79 Å². The molecule has 2 aliphatic heterocycles. The van der Waals surface area contributed by atoms with E-state index >= 15 is 0 Å². The lowest BCUT2D eigenvalue weighted by atomic mass is 10.2. The van der Waals surface area contributed by atoms with E-state index in [1.165, 1.54) is 30.0 Å². The number of anilines is 1. The quantitative estimate of drug-likeness (QED) is 0.785. The van der Waals surface area contributed by atoms with Crippen LogP contribution >= 0.6 is 11.3 Å². The molecule has 0 atom stereocenters. The Morgan fingerprint density at radius 2 is 1.85 bits per heavy atom. The average molecular weight is 385 g/mol. The number of benzene rings is 1. The molecule has 0 saturated carbocycles. The van der Waals surface area contributed by atoms with Gasteiger partial charge in [-0.05, 0) is 43.7 Å². The molecule has 0 unspecified atom stereocenters. The molecule has 4 rings (SSSR count). The Hall–Kier alpha value is -1.92. The van der Waals surface area contributed by atoms with Crippen molar-refractivity contribution >= 4 is 23.1 Å². The highest BCUT2D eigenvalue weighted by molar-refractivity contribution is 7.15. The Labute approximate surface area is 165 Å². The van der Waals surface area contributed by atoms with E-state index in [0.29, 0.717) is 0 Å². The number of rotatable bonds is 5. The third-order valence-corrected chi connectivity index (χ3v) is 6.77. The largest absolute Gasteiger partial charge is 0.326 e. The van der Waals surface area contributed by atoms with Crippen LogP contribution in [0.15, 0.2) is 24.3 Å². The van der Waals surface area contributed by atoms with E-state index in [4.69, 9.17) is 4.98 Å². The van der Waals surface area contributed by atoms with Gasteiger partial charge in [0.2, 0.25) is 0 Å². The number of amides is 2. The minimum atomic E-state index is 0.0799. The second-order valence-corrected chi connectivity index (χ2v) is 8.57. The van der Waals surface area contributed by atoms with E-state index in [2.05, 4.69) is 24.0 Å². The summed E-state index contributed by atoms with van der Waals surface area (Å²) in [7, 11) is 1.85. The van der Waals surface area contributed by atoms with Crippen LogP contribution in [0.4, 0.5) is 10.5 Å². The topological polar surface area (TPSA) is 39.7 Å². The molecule has 1 saturated heterocycles. The van der Waals surface area contributed by atoms with E-state index in [9.17, 15) is 4.79 Å². The molecular formula is C21H28N4OS. The maximum atomic E-state index is 12.2. The van der Waals surface area contributed by atoms with Crippen molar-refractivity contribution in [3.8, 4) is 10.6 Å². The van der Waals surface area contributed by atoms with Gasteiger partial charge < -0.3 is 9.80 Å². The minimum absolute atomic E-state index is 0.0799. The zero-order valence-electron chi connectivity index (χ0n) is 16.3. The molecule has 1 fully saturated rings. The summed E-state index contributed by atoms with van der Waals surface area (Å²) in [5.41, 5.74) is 3.41. The molecule has 0 N–H and O–H groups in total. The Bertz CT molecular complexity index is 776. The zero-order chi connectivity index (χ0) is 18.8. The van der Waals surface area contributed by atoms with Crippen LogP contribution in [-0.4, -0.2) is 60.6 Å². The van der Waals surface area contributed by atoms with Crippen molar-refractivity contribution in [1.29, 1.82) is 0 Å². The molecule has 1 aromatic carbocycles. The predicted octanol–water partition coefficient (Wildman–Crippen LogP) is 3.88. The summed E-state index contributed by atoms with van der Waals surface area (Å²) in [6, 6.07) is 8.38. The SMILES string of the molecule is CCCCN1CCc2nc(-c3ccc(N4CCN(C)C4=O)cc3)sc2CC1. The first-order valence-electron chi connectivity index (χ1n) is 9.99. The summed E-state index contributed by atoms with van der Waals surface area (Å²) in [6.07, 6.45) is 4.72. The summed E-state index contributed by atoms with van der Waals surface area (Å²) in [5, 5.41) is 1.11. The predicted molar refractivity (Wildman–Crippen MR) is 112 cm³/mol. The first-order valence-corrected chi connectivity index (χ1v) is 10.8. The van der Waals surface area contributed by atoms with Gasteiger partial charge in [-0.3, -0.25) is 4.90 Å². The number of hydrogen-bond acceptors (Lipinski definition) is 4. The number of nitrogens with zero attached hydrogens (tertiary/aromatic N) is 4. The van der Waals surface area contributed by atoms with Crippen LogP contribution < -0.4 is 4.90 Å². The van der Waals surface area contributed by atoms with Gasteiger partial charge in [0.1, 0.15) is 5.01 Å². The number of likely N-dealkylation sites (N-methyl/N-ethyl adjacent to an activating group) is 1. The Morgan fingerprint density at radius 3 is 2.56 bits per heavy atom. The number of thiazole rings is 1. The first-order chi connectivity index (χ1) is 13.2. The highest BCUT2D eigenvalue weighted by Gasteiger charge is 2.26. The lowest BCUT2D eigenvalue weighted by Gasteiger charge is -2.18. The number of fused-ring (bicyclic) bond motifs is 1. The van der Waals surface area contributed by atoms with Gasteiger partial charge in [-0.1, -0.05) is 13.3 Å². The number of carbonyl (C=O) groups is 1. The van der Waals surface area contributed by atoms with Crippen molar-refractivity contribution in [2.75, 3.05) is 44.7 Å². The van der Waals surface area contributed by atoms with Crippen LogP contribution in [0, 0.1) is 0 Å². The van der Waals surface area contributed by atoms with E-state index in [0.717, 1.165) is 55.3 Å². The van der Waals surface area contributed by atoms with Crippen molar-refractivity contribution in [2.24, 2.45) is 0 Å². The average Bonchev–Trinajstić information content (AvgIpc) is 3.19. The Kier molecular flexibility index (Phi) is 5.45. The van der Waals surface area contributed by atoms with Crippen molar-refractivity contribution in [3.05, 3.63) is 34.8 Å². The van der Waals surface area contributed by atoms with Crippen LogP contribution in [0.5, 0.6) is 0 Å². The Balaban J connectivity index is 1.46. The fraction of sp³-hybridized carbons (Fsp3) is 0.524. The molecule has 2 aromatic rings. The van der Waals surface area contributed by atoms with Gasteiger partial charge in [0.15, 0.2) is 0 Å². The second-order valence-electron chi connectivity index (χ2n) is 7.49. The monoisotopic (exact) mass is 384 g/mol. The molecule has 144 valence electrons. The molecule has 27 heavy (non-hydrogen) atoms. The van der Waals surface area contributed by atoms with Gasteiger partial charge in [0, 0.05) is 55.8 Å². The van der Waals surface area contributed by atoms with Crippen LogP contribution in [-0.2, 0) is 12.8 Å². The molecule has 6 heteroatoms. The van der Waals surface area contributed by atoms with Gasteiger partial charge >= 0.3 is 6.03 Å². The van der Waals surface area contributed by atoms with Crippen molar-refractivity contribution in [3.63, 3.8) is 0 Å². The maximum Gasteiger partial charge on any atom is 0.324 e. The summed E-state index contributed by atoms with van der Waals surface area (Å²) >= 11 is 1.84. The summed E-state index contributed by atoms with van der Waals surface area (Å²) in [5.74, 6) is 0. The number of hydrogen-bond donors (Lipinski definition) is 0. The number of urea groups is 1. The molecule has 0 bridgehead atoms.